The molecule has 0 unspecified atom stereocenters. The van der Waals surface area contributed by atoms with Gasteiger partial charge in [0.1, 0.15) is 18.5 Å². The van der Waals surface area contributed by atoms with E-state index < -0.39 is 34.8 Å². The van der Waals surface area contributed by atoms with Crippen LogP contribution in [-0.4, -0.2) is 30.2 Å². The molecule has 144 valence electrons. The molecule has 0 saturated carbocycles. The predicted molar refractivity (Wildman–Crippen MR) is 88.2 cm³/mol. The predicted octanol–water partition coefficient (Wildman–Crippen LogP) is 1.47. The molecular weight excluding hydrogens is 384 g/mol. The smallest absolute Gasteiger partial charge is 0.366 e. The molecule has 1 amide bonds. The number of halogens is 4. The molecule has 3 rings (SSSR count). The van der Waals surface area contributed by atoms with Gasteiger partial charge in [0.05, 0.1) is 16.8 Å². The average Bonchev–Trinajstić information content (AvgIpc) is 2.99. The number of carbonyl (C=O) groups excluding carboxylic acids is 1. The zero-order valence-corrected chi connectivity index (χ0v) is 13.8. The Morgan fingerprint density at radius 3 is 2.43 bits per heavy atom. The molecule has 0 aliphatic carbocycles. The standard InChI is InChI=1S/C16H10F4N6O2/c17-11-1-10(16(18,19)20)2-12(3-11)26-15(28)25(8-24-26)6-13(14(21)27)9-4-22-7-23-5-9/h1-8H,(H2,21,27)/b13-6+. The van der Waals surface area contributed by atoms with E-state index >= 15 is 0 Å². The van der Waals surface area contributed by atoms with Crippen molar-refractivity contribution in [2.75, 3.05) is 0 Å². The summed E-state index contributed by atoms with van der Waals surface area (Å²) in [5, 5.41) is 3.66. The lowest BCUT2D eigenvalue weighted by Gasteiger charge is -2.08. The van der Waals surface area contributed by atoms with Crippen molar-refractivity contribution in [3.05, 3.63) is 70.7 Å². The first kappa shape index (κ1) is 18.9. The normalized spacial score (nSPS) is 12.2. The molecule has 8 nitrogen and oxygen atoms in total. The van der Waals surface area contributed by atoms with Gasteiger partial charge in [-0.2, -0.15) is 23.0 Å². The minimum Gasteiger partial charge on any atom is -0.366 e. The van der Waals surface area contributed by atoms with Gasteiger partial charge in [0.25, 0.3) is 5.91 Å². The van der Waals surface area contributed by atoms with E-state index in [1.165, 1.54) is 18.7 Å². The molecule has 1 aromatic carbocycles. The van der Waals surface area contributed by atoms with E-state index in [1.807, 2.05) is 0 Å². The molecule has 0 aliphatic heterocycles. The molecule has 12 heteroatoms. The number of nitrogens with two attached hydrogens (primary N) is 1. The fourth-order valence-corrected chi connectivity index (χ4v) is 2.30. The second-order valence-corrected chi connectivity index (χ2v) is 5.46. The number of amides is 1. The van der Waals surface area contributed by atoms with Crippen LogP contribution in [0.2, 0.25) is 0 Å². The Balaban J connectivity index is 2.09. The van der Waals surface area contributed by atoms with Crippen LogP contribution in [0.3, 0.4) is 0 Å². The molecule has 2 aromatic heterocycles. The summed E-state index contributed by atoms with van der Waals surface area (Å²) in [5.41, 5.74) is 2.69. The van der Waals surface area contributed by atoms with E-state index in [-0.39, 0.29) is 11.1 Å². The van der Waals surface area contributed by atoms with Crippen LogP contribution < -0.4 is 11.4 Å². The van der Waals surface area contributed by atoms with Crippen LogP contribution in [0.25, 0.3) is 17.5 Å². The van der Waals surface area contributed by atoms with Crippen LogP contribution in [0.1, 0.15) is 11.1 Å². The van der Waals surface area contributed by atoms with Crippen molar-refractivity contribution in [2.24, 2.45) is 5.73 Å². The fraction of sp³-hybridized carbons (Fsp3) is 0.0625. The zero-order chi connectivity index (χ0) is 20.5. The minimum atomic E-state index is -4.81. The van der Waals surface area contributed by atoms with E-state index in [4.69, 9.17) is 5.73 Å². The molecule has 0 bridgehead atoms. The number of benzene rings is 1. The Labute approximate surface area is 153 Å². The summed E-state index contributed by atoms with van der Waals surface area (Å²) in [5.74, 6) is -2.10. The third-order valence-electron chi connectivity index (χ3n) is 3.55. The number of rotatable bonds is 4. The van der Waals surface area contributed by atoms with E-state index in [1.54, 1.807) is 0 Å². The van der Waals surface area contributed by atoms with Gasteiger partial charge in [0, 0.05) is 24.2 Å². The SMILES string of the molecule is NC(=O)/C(=C/n1cnn(-c2cc(F)cc(C(F)(F)F)c2)c1=O)c1cncnc1. The van der Waals surface area contributed by atoms with Crippen molar-refractivity contribution >= 4 is 17.7 Å². The molecule has 3 aromatic rings. The molecule has 0 spiro atoms. The van der Waals surface area contributed by atoms with E-state index in [0.717, 1.165) is 23.2 Å². The third kappa shape index (κ3) is 3.79. The fourth-order valence-electron chi connectivity index (χ4n) is 2.30. The second kappa shape index (κ2) is 7.06. The molecule has 28 heavy (non-hydrogen) atoms. The molecule has 0 fully saturated rings. The minimum absolute atomic E-state index is 0.141. The summed E-state index contributed by atoms with van der Waals surface area (Å²) in [6, 6.07) is 1.59. The summed E-state index contributed by atoms with van der Waals surface area (Å²) in [6.07, 6.45) is 0.927. The number of alkyl halides is 3. The summed E-state index contributed by atoms with van der Waals surface area (Å²) in [6.45, 7) is 0. The van der Waals surface area contributed by atoms with Crippen molar-refractivity contribution in [3.8, 4) is 5.69 Å². The van der Waals surface area contributed by atoms with E-state index in [9.17, 15) is 27.2 Å². The Morgan fingerprint density at radius 1 is 1.14 bits per heavy atom. The van der Waals surface area contributed by atoms with Crippen LogP contribution in [0.4, 0.5) is 17.6 Å². The highest BCUT2D eigenvalue weighted by Crippen LogP contribution is 2.30. The van der Waals surface area contributed by atoms with Crippen LogP contribution in [0.15, 0.2) is 48.0 Å². The first-order valence-electron chi connectivity index (χ1n) is 7.48. The van der Waals surface area contributed by atoms with Gasteiger partial charge in [-0.3, -0.25) is 9.36 Å². The van der Waals surface area contributed by atoms with Crippen LogP contribution >= 0.6 is 0 Å². The third-order valence-corrected chi connectivity index (χ3v) is 3.55. The molecule has 0 aliphatic rings. The maximum Gasteiger partial charge on any atom is 0.416 e. The van der Waals surface area contributed by atoms with E-state index in [0.29, 0.717) is 16.8 Å². The average molecular weight is 394 g/mol. The Hall–Kier alpha value is -3.83. The topological polar surface area (TPSA) is 109 Å². The molecule has 0 atom stereocenters. The molecule has 0 radical (unpaired) electrons. The van der Waals surface area contributed by atoms with Crippen molar-refractivity contribution < 1.29 is 22.4 Å². The molecule has 2 heterocycles. The van der Waals surface area contributed by atoms with Crippen molar-refractivity contribution in [1.82, 2.24) is 24.3 Å². The Bertz CT molecular complexity index is 1120. The van der Waals surface area contributed by atoms with Gasteiger partial charge in [-0.05, 0) is 18.2 Å². The highest BCUT2D eigenvalue weighted by molar-refractivity contribution is 6.22. The highest BCUT2D eigenvalue weighted by atomic mass is 19.4. The first-order chi connectivity index (χ1) is 13.2. The van der Waals surface area contributed by atoms with Crippen molar-refractivity contribution in [2.45, 2.75) is 6.18 Å². The van der Waals surface area contributed by atoms with E-state index in [2.05, 4.69) is 15.1 Å². The molecule has 2 N–H and O–H groups in total. The number of hydrogen-bond acceptors (Lipinski definition) is 5. The number of primary amides is 1. The van der Waals surface area contributed by atoms with Crippen LogP contribution in [0.5, 0.6) is 0 Å². The van der Waals surface area contributed by atoms with Crippen LogP contribution in [0, 0.1) is 5.82 Å². The van der Waals surface area contributed by atoms with Crippen molar-refractivity contribution in [3.63, 3.8) is 0 Å². The Kier molecular flexibility index (Phi) is 4.78. The zero-order valence-electron chi connectivity index (χ0n) is 13.8. The summed E-state index contributed by atoms with van der Waals surface area (Å²) in [4.78, 5) is 31.6. The highest BCUT2D eigenvalue weighted by Gasteiger charge is 2.31. The molecule has 0 saturated heterocycles. The van der Waals surface area contributed by atoms with Gasteiger partial charge in [-0.25, -0.2) is 19.2 Å². The lowest BCUT2D eigenvalue weighted by atomic mass is 10.1. The lowest BCUT2D eigenvalue weighted by molar-refractivity contribution is -0.137. The summed E-state index contributed by atoms with van der Waals surface area (Å²) >= 11 is 0. The van der Waals surface area contributed by atoms with Gasteiger partial charge in [0.15, 0.2) is 0 Å². The number of nitrogens with zero attached hydrogens (tertiary/aromatic N) is 5. The largest absolute Gasteiger partial charge is 0.416 e. The number of hydrogen-bond donors (Lipinski definition) is 1. The van der Waals surface area contributed by atoms with Crippen LogP contribution in [-0.2, 0) is 11.0 Å². The number of aromatic nitrogens is 5. The maximum atomic E-state index is 13.6. The van der Waals surface area contributed by atoms with Gasteiger partial charge in [-0.15, -0.1) is 0 Å². The van der Waals surface area contributed by atoms with Crippen molar-refractivity contribution in [1.29, 1.82) is 0 Å². The first-order valence-corrected chi connectivity index (χ1v) is 7.48. The summed E-state index contributed by atoms with van der Waals surface area (Å²) in [7, 11) is 0. The maximum absolute atomic E-state index is 13.6. The monoisotopic (exact) mass is 394 g/mol. The van der Waals surface area contributed by atoms with Gasteiger partial charge < -0.3 is 5.73 Å². The van der Waals surface area contributed by atoms with Gasteiger partial charge in [0.2, 0.25) is 0 Å². The second-order valence-electron chi connectivity index (χ2n) is 5.46. The molecular formula is C16H10F4N6O2. The van der Waals surface area contributed by atoms with Gasteiger partial charge >= 0.3 is 11.9 Å². The summed E-state index contributed by atoms with van der Waals surface area (Å²) < 4.78 is 53.5. The quantitative estimate of drug-likeness (QED) is 0.532. The Morgan fingerprint density at radius 2 is 1.82 bits per heavy atom. The number of carbonyl (C=O) groups is 1. The lowest BCUT2D eigenvalue weighted by Crippen LogP contribution is -2.23. The van der Waals surface area contributed by atoms with Gasteiger partial charge in [-0.1, -0.05) is 0 Å².